The van der Waals surface area contributed by atoms with Gasteiger partial charge in [0.25, 0.3) is 0 Å². The number of thioether (sulfide) groups is 1. The predicted molar refractivity (Wildman–Crippen MR) is 102 cm³/mol. The van der Waals surface area contributed by atoms with E-state index in [0.29, 0.717) is 44.7 Å². The number of rotatable bonds is 10. The average Bonchev–Trinajstić information content (AvgIpc) is 2.56. The van der Waals surface area contributed by atoms with Crippen LogP contribution in [0.1, 0.15) is 20.3 Å². The van der Waals surface area contributed by atoms with Gasteiger partial charge in [0, 0.05) is 51.3 Å². The van der Waals surface area contributed by atoms with Gasteiger partial charge in [-0.2, -0.15) is 11.8 Å². The van der Waals surface area contributed by atoms with E-state index in [0.717, 1.165) is 24.5 Å². The zero-order valence-electron chi connectivity index (χ0n) is 15.1. The molecule has 1 saturated heterocycles. The van der Waals surface area contributed by atoms with E-state index < -0.39 is 10.0 Å². The van der Waals surface area contributed by atoms with Crippen LogP contribution in [0, 0.1) is 5.92 Å². The lowest BCUT2D eigenvalue weighted by molar-refractivity contribution is 0.128. The van der Waals surface area contributed by atoms with Gasteiger partial charge in [-0.1, -0.05) is 13.8 Å². The molecule has 1 aliphatic heterocycles. The molecule has 2 N–H and O–H groups in total. The lowest BCUT2D eigenvalue weighted by Gasteiger charge is -2.25. The van der Waals surface area contributed by atoms with Crippen LogP contribution in [0.15, 0.2) is 4.99 Å². The van der Waals surface area contributed by atoms with Crippen LogP contribution in [0.4, 0.5) is 0 Å². The van der Waals surface area contributed by atoms with Crippen LogP contribution in [0.3, 0.4) is 0 Å². The first-order chi connectivity index (χ1) is 11.5. The summed E-state index contributed by atoms with van der Waals surface area (Å²) in [4.78, 5) is 4.09. The van der Waals surface area contributed by atoms with Gasteiger partial charge >= 0.3 is 0 Å². The van der Waals surface area contributed by atoms with E-state index in [-0.39, 0.29) is 5.75 Å². The zero-order chi connectivity index (χ0) is 17.8. The molecule has 1 heterocycles. The summed E-state index contributed by atoms with van der Waals surface area (Å²) in [6.07, 6.45) is 1.06. The van der Waals surface area contributed by atoms with Crippen LogP contribution < -0.4 is 10.6 Å². The Kier molecular flexibility index (Phi) is 10.7. The van der Waals surface area contributed by atoms with Crippen LogP contribution in [0.5, 0.6) is 0 Å². The highest BCUT2D eigenvalue weighted by Crippen LogP contribution is 2.12. The molecule has 9 heteroatoms. The van der Waals surface area contributed by atoms with Crippen molar-refractivity contribution >= 4 is 27.7 Å². The van der Waals surface area contributed by atoms with Gasteiger partial charge in [-0.15, -0.1) is 0 Å². The molecule has 1 rings (SSSR count). The summed E-state index contributed by atoms with van der Waals surface area (Å²) in [7, 11) is -1.51. The van der Waals surface area contributed by atoms with Crippen molar-refractivity contribution in [1.29, 1.82) is 0 Å². The van der Waals surface area contributed by atoms with E-state index in [1.165, 1.54) is 0 Å². The van der Waals surface area contributed by atoms with Gasteiger partial charge in [0.05, 0.1) is 12.4 Å². The summed E-state index contributed by atoms with van der Waals surface area (Å²) in [5, 5.41) is 6.17. The molecule has 0 aromatic rings. The van der Waals surface area contributed by atoms with Gasteiger partial charge in [0.1, 0.15) is 0 Å². The van der Waals surface area contributed by atoms with Gasteiger partial charge < -0.3 is 15.4 Å². The topological polar surface area (TPSA) is 83.0 Å². The van der Waals surface area contributed by atoms with Crippen molar-refractivity contribution in [3.63, 3.8) is 0 Å². The van der Waals surface area contributed by atoms with Gasteiger partial charge in [0.15, 0.2) is 5.96 Å². The molecule has 0 aromatic carbocycles. The molecule has 7 nitrogen and oxygen atoms in total. The Labute approximate surface area is 151 Å². The molecule has 0 atom stereocenters. The Hall–Kier alpha value is -0.510. The lowest BCUT2D eigenvalue weighted by Crippen LogP contribution is -2.44. The van der Waals surface area contributed by atoms with Crippen molar-refractivity contribution in [2.75, 3.05) is 63.7 Å². The van der Waals surface area contributed by atoms with Gasteiger partial charge in [0.2, 0.25) is 10.0 Å². The molecule has 0 aliphatic carbocycles. The average molecular weight is 381 g/mol. The maximum atomic E-state index is 12.2. The molecule has 0 aromatic heterocycles. The fourth-order valence-electron chi connectivity index (χ4n) is 2.14. The van der Waals surface area contributed by atoms with Crippen molar-refractivity contribution in [3.8, 4) is 0 Å². The molecule has 0 spiro atoms. The molecular weight excluding hydrogens is 348 g/mol. The normalized spacial score (nSPS) is 17.2. The number of nitrogens with one attached hydrogen (secondary N) is 2. The molecular formula is C15H32N4O3S2. The summed E-state index contributed by atoms with van der Waals surface area (Å²) in [6.45, 7) is 7.94. The number of hydrogen-bond donors (Lipinski definition) is 2. The third kappa shape index (κ3) is 9.10. The number of guanidine groups is 1. The van der Waals surface area contributed by atoms with Crippen molar-refractivity contribution in [1.82, 2.24) is 14.9 Å². The fraction of sp³-hybridized carbons (Fsp3) is 0.933. The Morgan fingerprint density at radius 3 is 2.50 bits per heavy atom. The monoisotopic (exact) mass is 380 g/mol. The van der Waals surface area contributed by atoms with Crippen LogP contribution in [-0.4, -0.2) is 82.4 Å². The van der Waals surface area contributed by atoms with Crippen molar-refractivity contribution in [2.24, 2.45) is 10.9 Å². The number of nitrogens with zero attached hydrogens (tertiary/aromatic N) is 2. The highest BCUT2D eigenvalue weighted by Gasteiger charge is 2.23. The minimum atomic E-state index is -3.18. The van der Waals surface area contributed by atoms with Gasteiger partial charge in [-0.25, -0.2) is 12.7 Å². The maximum Gasteiger partial charge on any atom is 0.215 e. The molecule has 1 fully saturated rings. The number of aliphatic imine (C=N–C) groups is 1. The second-order valence-corrected chi connectivity index (χ2v) is 9.36. The van der Waals surface area contributed by atoms with E-state index in [4.69, 9.17) is 4.74 Å². The quantitative estimate of drug-likeness (QED) is 0.328. The summed E-state index contributed by atoms with van der Waals surface area (Å²) in [5.74, 6) is 3.10. The highest BCUT2D eigenvalue weighted by atomic mass is 32.2. The molecule has 24 heavy (non-hydrogen) atoms. The highest BCUT2D eigenvalue weighted by molar-refractivity contribution is 7.99. The van der Waals surface area contributed by atoms with Crippen LogP contribution in [0.2, 0.25) is 0 Å². The maximum absolute atomic E-state index is 12.2. The minimum Gasteiger partial charge on any atom is -0.380 e. The van der Waals surface area contributed by atoms with Gasteiger partial charge in [-0.05, 0) is 12.3 Å². The second-order valence-electron chi connectivity index (χ2n) is 6.05. The van der Waals surface area contributed by atoms with E-state index >= 15 is 0 Å². The SMILES string of the molecule is CN=C(NCCOCCC(C)C)NCCS(=O)(=O)N1CCSCC1. The Morgan fingerprint density at radius 2 is 1.88 bits per heavy atom. The van der Waals surface area contributed by atoms with Crippen LogP contribution in [-0.2, 0) is 14.8 Å². The number of ether oxygens (including phenoxy) is 1. The van der Waals surface area contributed by atoms with E-state index in [1.807, 2.05) is 0 Å². The fourth-order valence-corrected chi connectivity index (χ4v) is 4.63. The summed E-state index contributed by atoms with van der Waals surface area (Å²) in [5.41, 5.74) is 0. The van der Waals surface area contributed by atoms with Crippen molar-refractivity contribution in [3.05, 3.63) is 0 Å². The van der Waals surface area contributed by atoms with Crippen LogP contribution in [0.25, 0.3) is 0 Å². The molecule has 142 valence electrons. The van der Waals surface area contributed by atoms with Gasteiger partial charge in [-0.3, -0.25) is 4.99 Å². The standard InChI is InChI=1S/C15H32N4O3S2/c1-14(2)4-9-22-10-5-17-15(16-3)18-6-13-24(20,21)19-7-11-23-12-8-19/h14H,4-13H2,1-3H3,(H2,16,17,18). The predicted octanol–water partition coefficient (Wildman–Crippen LogP) is 0.593. The van der Waals surface area contributed by atoms with E-state index in [2.05, 4.69) is 29.5 Å². The molecule has 0 bridgehead atoms. The lowest BCUT2D eigenvalue weighted by atomic mass is 10.1. The Bertz CT molecular complexity index is 463. The number of hydrogen-bond acceptors (Lipinski definition) is 5. The smallest absolute Gasteiger partial charge is 0.215 e. The van der Waals surface area contributed by atoms with E-state index in [9.17, 15) is 8.42 Å². The first kappa shape index (κ1) is 21.5. The summed E-state index contributed by atoms with van der Waals surface area (Å²) >= 11 is 1.80. The first-order valence-electron chi connectivity index (χ1n) is 8.53. The van der Waals surface area contributed by atoms with E-state index in [1.54, 1.807) is 23.1 Å². The molecule has 0 amide bonds. The molecule has 0 saturated carbocycles. The largest absolute Gasteiger partial charge is 0.380 e. The Morgan fingerprint density at radius 1 is 1.21 bits per heavy atom. The van der Waals surface area contributed by atoms with Crippen molar-refractivity contribution < 1.29 is 13.2 Å². The molecule has 1 aliphatic rings. The zero-order valence-corrected chi connectivity index (χ0v) is 16.7. The van der Waals surface area contributed by atoms with Crippen molar-refractivity contribution in [2.45, 2.75) is 20.3 Å². The second kappa shape index (κ2) is 11.9. The third-order valence-corrected chi connectivity index (χ3v) is 6.43. The van der Waals surface area contributed by atoms with Crippen LogP contribution >= 0.6 is 11.8 Å². The Balaban J connectivity index is 2.17. The summed E-state index contributed by atoms with van der Waals surface area (Å²) < 4.78 is 31.6. The minimum absolute atomic E-state index is 0.0866. The first-order valence-corrected chi connectivity index (χ1v) is 11.3. The molecule has 0 radical (unpaired) electrons. The summed E-state index contributed by atoms with van der Waals surface area (Å²) in [6, 6.07) is 0. The third-order valence-electron chi connectivity index (χ3n) is 3.62. The molecule has 0 unspecified atom stereocenters. The number of sulfonamides is 1.